The lowest BCUT2D eigenvalue weighted by atomic mass is 10.00. The molecule has 1 atom stereocenters. The van der Waals surface area contributed by atoms with E-state index < -0.39 is 15.1 Å². The van der Waals surface area contributed by atoms with Crippen molar-refractivity contribution in [2.24, 2.45) is 0 Å². The number of hydrogen-bond acceptors (Lipinski definition) is 6. The fourth-order valence-corrected chi connectivity index (χ4v) is 2.88. The first-order valence-corrected chi connectivity index (χ1v) is 9.18. The molecule has 3 rings (SSSR count). The number of hydrogen-bond donors (Lipinski definition) is 0. The van der Waals surface area contributed by atoms with Crippen molar-refractivity contribution in [1.82, 2.24) is 15.0 Å². The summed E-state index contributed by atoms with van der Waals surface area (Å²) in [5.74, 6) is 0.553. The molecule has 1 aromatic carbocycles. The Hall–Kier alpha value is -2.22. The zero-order valence-corrected chi connectivity index (χ0v) is 13.7. The van der Waals surface area contributed by atoms with Crippen LogP contribution in [0.5, 0.6) is 0 Å². The summed E-state index contributed by atoms with van der Waals surface area (Å²) < 4.78 is 28.1. The highest BCUT2D eigenvalue weighted by atomic mass is 32.2. The fraction of sp³-hybridized carbons (Fsp3) is 0.400. The molecule has 122 valence electrons. The molecule has 23 heavy (non-hydrogen) atoms. The number of sulfone groups is 1. The predicted molar refractivity (Wildman–Crippen MR) is 83.4 cm³/mol. The van der Waals surface area contributed by atoms with Crippen molar-refractivity contribution in [1.29, 1.82) is 0 Å². The highest BCUT2D eigenvalue weighted by Crippen LogP contribution is 2.28. The van der Waals surface area contributed by atoms with Gasteiger partial charge in [0.15, 0.2) is 9.84 Å². The summed E-state index contributed by atoms with van der Waals surface area (Å²) in [4.78, 5) is 17.9. The quantitative estimate of drug-likeness (QED) is 0.830. The van der Waals surface area contributed by atoms with Gasteiger partial charge in [-0.3, -0.25) is 4.79 Å². The van der Waals surface area contributed by atoms with E-state index in [2.05, 4.69) is 10.1 Å². The minimum absolute atomic E-state index is 0.0457. The summed E-state index contributed by atoms with van der Waals surface area (Å²) in [5, 5.41) is 2.93. The van der Waals surface area contributed by atoms with Gasteiger partial charge in [-0.15, -0.1) is 0 Å². The molecule has 7 nitrogen and oxygen atoms in total. The van der Waals surface area contributed by atoms with Gasteiger partial charge in [0.1, 0.15) is 5.25 Å². The molecule has 0 spiro atoms. The maximum absolute atomic E-state index is 12.1. The molecule has 1 aliphatic rings. The van der Waals surface area contributed by atoms with Crippen LogP contribution < -0.4 is 0 Å². The summed E-state index contributed by atoms with van der Waals surface area (Å²) in [6.45, 7) is 2.20. The third-order valence-electron chi connectivity index (χ3n) is 4.01. The van der Waals surface area contributed by atoms with Crippen molar-refractivity contribution in [3.05, 3.63) is 36.2 Å². The molecule has 2 heterocycles. The van der Waals surface area contributed by atoms with E-state index in [0.29, 0.717) is 24.8 Å². The SMILES string of the molecule is CC(C(=O)N1CC(c2nc(-c3ccccc3)no2)C1)S(C)(=O)=O. The van der Waals surface area contributed by atoms with E-state index in [4.69, 9.17) is 4.52 Å². The lowest BCUT2D eigenvalue weighted by Crippen LogP contribution is -2.53. The van der Waals surface area contributed by atoms with Crippen LogP contribution in [-0.4, -0.2) is 54.0 Å². The molecule has 1 amide bonds. The van der Waals surface area contributed by atoms with Gasteiger partial charge in [-0.1, -0.05) is 35.5 Å². The number of amides is 1. The zero-order valence-electron chi connectivity index (χ0n) is 12.8. The van der Waals surface area contributed by atoms with Gasteiger partial charge in [-0.05, 0) is 6.92 Å². The molecule has 1 unspecified atom stereocenters. The number of carbonyl (C=O) groups is 1. The lowest BCUT2D eigenvalue weighted by molar-refractivity contribution is -0.135. The average molecular weight is 335 g/mol. The topological polar surface area (TPSA) is 93.4 Å². The van der Waals surface area contributed by atoms with Crippen molar-refractivity contribution in [3.8, 4) is 11.4 Å². The van der Waals surface area contributed by atoms with Crippen LogP contribution in [0.25, 0.3) is 11.4 Å². The molecule has 2 aromatic rings. The molecule has 0 radical (unpaired) electrons. The Balaban J connectivity index is 1.64. The number of benzene rings is 1. The molecule has 1 fully saturated rings. The first-order chi connectivity index (χ1) is 10.9. The van der Waals surface area contributed by atoms with Crippen molar-refractivity contribution in [3.63, 3.8) is 0 Å². The van der Waals surface area contributed by atoms with Crippen LogP contribution in [0.1, 0.15) is 18.7 Å². The van der Waals surface area contributed by atoms with Gasteiger partial charge in [-0.2, -0.15) is 4.98 Å². The Labute approximate surface area is 134 Å². The minimum Gasteiger partial charge on any atom is -0.340 e. The smallest absolute Gasteiger partial charge is 0.240 e. The van der Waals surface area contributed by atoms with Crippen LogP contribution >= 0.6 is 0 Å². The Bertz CT molecular complexity index is 810. The molecule has 8 heteroatoms. The predicted octanol–water partition coefficient (Wildman–Crippen LogP) is 1.10. The van der Waals surface area contributed by atoms with Gasteiger partial charge in [0.25, 0.3) is 0 Å². The highest BCUT2D eigenvalue weighted by molar-refractivity contribution is 7.92. The number of rotatable bonds is 4. The third-order valence-corrected chi connectivity index (χ3v) is 5.49. The molecular weight excluding hydrogens is 318 g/mol. The van der Waals surface area contributed by atoms with Gasteiger partial charge in [0, 0.05) is 24.9 Å². The summed E-state index contributed by atoms with van der Waals surface area (Å²) in [6.07, 6.45) is 1.07. The van der Waals surface area contributed by atoms with E-state index in [9.17, 15) is 13.2 Å². The number of carbonyl (C=O) groups excluding carboxylic acids is 1. The van der Waals surface area contributed by atoms with Crippen LogP contribution in [0, 0.1) is 0 Å². The molecule has 0 N–H and O–H groups in total. The van der Waals surface area contributed by atoms with E-state index in [1.54, 1.807) is 0 Å². The van der Waals surface area contributed by atoms with Crippen molar-refractivity contribution < 1.29 is 17.7 Å². The average Bonchev–Trinajstić information content (AvgIpc) is 2.94. The zero-order chi connectivity index (χ0) is 16.6. The second-order valence-electron chi connectivity index (χ2n) is 5.73. The fourth-order valence-electron chi connectivity index (χ4n) is 2.36. The Morgan fingerprint density at radius 3 is 2.57 bits per heavy atom. The van der Waals surface area contributed by atoms with Crippen LogP contribution in [0.4, 0.5) is 0 Å². The van der Waals surface area contributed by atoms with Crippen LogP contribution in [0.15, 0.2) is 34.9 Å². The van der Waals surface area contributed by atoms with E-state index in [1.807, 2.05) is 30.3 Å². The molecule has 0 aliphatic carbocycles. The monoisotopic (exact) mass is 335 g/mol. The van der Waals surface area contributed by atoms with E-state index in [1.165, 1.54) is 11.8 Å². The molecule has 0 bridgehead atoms. The largest absolute Gasteiger partial charge is 0.340 e. The van der Waals surface area contributed by atoms with Gasteiger partial charge in [0.2, 0.25) is 17.6 Å². The van der Waals surface area contributed by atoms with Crippen molar-refractivity contribution in [2.75, 3.05) is 19.3 Å². The molecule has 1 aliphatic heterocycles. The van der Waals surface area contributed by atoms with Crippen LogP contribution in [0.3, 0.4) is 0 Å². The minimum atomic E-state index is -3.38. The van der Waals surface area contributed by atoms with E-state index in [-0.39, 0.29) is 11.8 Å². The maximum Gasteiger partial charge on any atom is 0.240 e. The highest BCUT2D eigenvalue weighted by Gasteiger charge is 2.39. The van der Waals surface area contributed by atoms with Gasteiger partial charge >= 0.3 is 0 Å². The van der Waals surface area contributed by atoms with Gasteiger partial charge in [-0.25, -0.2) is 8.42 Å². The standard InChI is InChI=1S/C15H17N3O4S/c1-10(23(2,20)21)15(19)18-8-12(9-18)14-16-13(17-22-14)11-6-4-3-5-7-11/h3-7,10,12H,8-9H2,1-2H3. The third kappa shape index (κ3) is 3.12. The first-order valence-electron chi connectivity index (χ1n) is 7.23. The Morgan fingerprint density at radius 1 is 1.30 bits per heavy atom. The van der Waals surface area contributed by atoms with Crippen LogP contribution in [-0.2, 0) is 14.6 Å². The lowest BCUT2D eigenvalue weighted by Gasteiger charge is -2.38. The number of nitrogens with zero attached hydrogens (tertiary/aromatic N) is 3. The Kier molecular flexibility index (Phi) is 3.93. The van der Waals surface area contributed by atoms with E-state index in [0.717, 1.165) is 11.8 Å². The van der Waals surface area contributed by atoms with Gasteiger partial charge < -0.3 is 9.42 Å². The summed E-state index contributed by atoms with van der Waals surface area (Å²) in [5.41, 5.74) is 0.862. The number of likely N-dealkylation sites (tertiary alicyclic amines) is 1. The van der Waals surface area contributed by atoms with Gasteiger partial charge in [0.05, 0.1) is 5.92 Å². The van der Waals surface area contributed by atoms with Crippen LogP contribution in [0.2, 0.25) is 0 Å². The number of aromatic nitrogens is 2. The second-order valence-corrected chi connectivity index (χ2v) is 8.10. The van der Waals surface area contributed by atoms with Crippen molar-refractivity contribution >= 4 is 15.7 Å². The van der Waals surface area contributed by atoms with Crippen molar-refractivity contribution in [2.45, 2.75) is 18.1 Å². The second kappa shape index (κ2) is 5.77. The normalized spacial score (nSPS) is 16.9. The molecule has 1 aromatic heterocycles. The van der Waals surface area contributed by atoms with E-state index >= 15 is 0 Å². The summed E-state index contributed by atoms with van der Waals surface area (Å²) in [6, 6.07) is 9.46. The molecule has 1 saturated heterocycles. The summed E-state index contributed by atoms with van der Waals surface area (Å²) >= 11 is 0. The summed E-state index contributed by atoms with van der Waals surface area (Å²) in [7, 11) is -3.38. The Morgan fingerprint density at radius 2 is 1.96 bits per heavy atom. The first kappa shape index (κ1) is 15.7. The maximum atomic E-state index is 12.1. The molecule has 0 saturated carbocycles. The molecular formula is C15H17N3O4S.